The molecule has 3 aromatic carbocycles. The lowest BCUT2D eigenvalue weighted by Gasteiger charge is -2.11. The van der Waals surface area contributed by atoms with E-state index in [2.05, 4.69) is 21.9 Å². The Balaban J connectivity index is 1.26. The second kappa shape index (κ2) is 11.1. The maximum atomic E-state index is 12.3. The monoisotopic (exact) mass is 475 g/mol. The number of carbonyl (C=O) groups excluding carboxylic acids is 2. The predicted octanol–water partition coefficient (Wildman–Crippen LogP) is 3.19. The van der Waals surface area contributed by atoms with Crippen molar-refractivity contribution in [1.29, 1.82) is 0 Å². The van der Waals surface area contributed by atoms with Gasteiger partial charge in [-0.1, -0.05) is 29.8 Å². The minimum Gasteiger partial charge on any atom is -0.493 e. The van der Waals surface area contributed by atoms with Gasteiger partial charge in [-0.3, -0.25) is 9.59 Å². The van der Waals surface area contributed by atoms with Crippen LogP contribution in [0.4, 0.5) is 0 Å². The molecule has 4 rings (SSSR count). The maximum absolute atomic E-state index is 12.3. The molecular weight excluding hydrogens is 450 g/mol. The van der Waals surface area contributed by atoms with Gasteiger partial charge < -0.3 is 24.3 Å². The summed E-state index contributed by atoms with van der Waals surface area (Å²) in [5, 5.41) is 6.48. The van der Waals surface area contributed by atoms with Gasteiger partial charge in [0.1, 0.15) is 6.61 Å². The largest absolute Gasteiger partial charge is 0.493 e. The summed E-state index contributed by atoms with van der Waals surface area (Å²) in [6.07, 6.45) is 1.48. The molecule has 0 bridgehead atoms. The molecular formula is C26H25N3O6. The fourth-order valence-electron chi connectivity index (χ4n) is 3.37. The third-order valence-corrected chi connectivity index (χ3v) is 5.11. The zero-order chi connectivity index (χ0) is 24.6. The molecule has 9 heteroatoms. The van der Waals surface area contributed by atoms with Crippen LogP contribution in [0, 0.1) is 6.92 Å². The van der Waals surface area contributed by atoms with Crippen LogP contribution in [0.2, 0.25) is 0 Å². The molecule has 0 spiro atoms. The smallest absolute Gasteiger partial charge is 0.259 e. The summed E-state index contributed by atoms with van der Waals surface area (Å²) in [5.74, 6) is 1.34. The Morgan fingerprint density at radius 2 is 1.89 bits per heavy atom. The molecule has 3 aromatic rings. The second-order valence-electron chi connectivity index (χ2n) is 7.73. The van der Waals surface area contributed by atoms with E-state index in [9.17, 15) is 9.59 Å². The summed E-state index contributed by atoms with van der Waals surface area (Å²) in [6, 6.07) is 18.2. The van der Waals surface area contributed by atoms with E-state index in [1.54, 1.807) is 43.5 Å². The fraction of sp³-hybridized carbons (Fsp3) is 0.192. The number of methoxy groups -OCH3 is 1. The topological polar surface area (TPSA) is 107 Å². The number of hydrogen-bond acceptors (Lipinski definition) is 7. The molecule has 0 radical (unpaired) electrons. The minimum atomic E-state index is -0.472. The number of hydrazone groups is 1. The molecule has 2 N–H and O–H groups in total. The molecule has 0 aromatic heterocycles. The van der Waals surface area contributed by atoms with E-state index in [-0.39, 0.29) is 13.3 Å². The lowest BCUT2D eigenvalue weighted by Crippen LogP contribution is -2.34. The summed E-state index contributed by atoms with van der Waals surface area (Å²) in [4.78, 5) is 24.3. The van der Waals surface area contributed by atoms with Crippen molar-refractivity contribution in [3.63, 3.8) is 0 Å². The molecule has 35 heavy (non-hydrogen) atoms. The van der Waals surface area contributed by atoms with Gasteiger partial charge in [-0.05, 0) is 54.4 Å². The molecule has 2 amide bonds. The number of nitrogens with one attached hydrogen (secondary N) is 2. The van der Waals surface area contributed by atoms with Gasteiger partial charge in [0.15, 0.2) is 23.0 Å². The van der Waals surface area contributed by atoms with Gasteiger partial charge in [0, 0.05) is 5.56 Å². The summed E-state index contributed by atoms with van der Waals surface area (Å²) in [5.41, 5.74) is 5.68. The number of nitrogens with zero attached hydrogens (tertiary/aromatic N) is 1. The SMILES string of the molecule is COc1cc(/C=N\NC(=O)CNC(=O)c2ccc3c(c2)OCO3)ccc1OCc1cccc(C)c1. The van der Waals surface area contributed by atoms with E-state index in [1.165, 1.54) is 11.8 Å². The lowest BCUT2D eigenvalue weighted by molar-refractivity contribution is -0.120. The van der Waals surface area contributed by atoms with Crippen molar-refractivity contribution < 1.29 is 28.5 Å². The first-order chi connectivity index (χ1) is 17.0. The summed E-state index contributed by atoms with van der Waals surface area (Å²) >= 11 is 0. The molecule has 0 saturated heterocycles. The number of carbonyl (C=O) groups is 2. The van der Waals surface area contributed by atoms with Crippen LogP contribution in [0.5, 0.6) is 23.0 Å². The highest BCUT2D eigenvalue weighted by molar-refractivity contribution is 5.97. The number of amides is 2. The number of fused-ring (bicyclic) bond motifs is 1. The first-order valence-electron chi connectivity index (χ1n) is 10.9. The van der Waals surface area contributed by atoms with Crippen LogP contribution in [-0.2, 0) is 11.4 Å². The number of ether oxygens (including phenoxy) is 4. The van der Waals surface area contributed by atoms with Crippen molar-refractivity contribution in [1.82, 2.24) is 10.7 Å². The Morgan fingerprint density at radius 1 is 1.03 bits per heavy atom. The zero-order valence-electron chi connectivity index (χ0n) is 19.4. The van der Waals surface area contributed by atoms with Crippen LogP contribution < -0.4 is 29.7 Å². The Labute approximate surface area is 202 Å². The fourth-order valence-corrected chi connectivity index (χ4v) is 3.37. The van der Waals surface area contributed by atoms with Crippen LogP contribution in [0.15, 0.2) is 65.8 Å². The molecule has 0 atom stereocenters. The Kier molecular flexibility index (Phi) is 7.47. The van der Waals surface area contributed by atoms with Crippen molar-refractivity contribution in [2.45, 2.75) is 13.5 Å². The summed E-state index contributed by atoms with van der Waals surface area (Å²) in [7, 11) is 1.56. The van der Waals surface area contributed by atoms with Gasteiger partial charge >= 0.3 is 0 Å². The Morgan fingerprint density at radius 3 is 2.71 bits per heavy atom. The molecule has 9 nitrogen and oxygen atoms in total. The first-order valence-corrected chi connectivity index (χ1v) is 10.9. The highest BCUT2D eigenvalue weighted by Gasteiger charge is 2.16. The summed E-state index contributed by atoms with van der Waals surface area (Å²) in [6.45, 7) is 2.33. The van der Waals surface area contributed by atoms with E-state index < -0.39 is 11.8 Å². The molecule has 0 saturated carbocycles. The van der Waals surface area contributed by atoms with Gasteiger partial charge in [-0.25, -0.2) is 5.43 Å². The third-order valence-electron chi connectivity index (χ3n) is 5.11. The highest BCUT2D eigenvalue weighted by atomic mass is 16.7. The van der Waals surface area contributed by atoms with Crippen LogP contribution in [-0.4, -0.2) is 38.5 Å². The predicted molar refractivity (Wildman–Crippen MR) is 129 cm³/mol. The third kappa shape index (κ3) is 6.29. The molecule has 1 aliphatic rings. The Hall–Kier alpha value is -4.53. The lowest BCUT2D eigenvalue weighted by atomic mass is 10.1. The van der Waals surface area contributed by atoms with E-state index in [0.29, 0.717) is 40.7 Å². The number of benzene rings is 3. The molecule has 180 valence electrons. The number of hydrogen-bond donors (Lipinski definition) is 2. The number of rotatable bonds is 9. The molecule has 1 heterocycles. The number of aryl methyl sites for hydroxylation is 1. The van der Waals surface area contributed by atoms with Gasteiger partial charge in [0.2, 0.25) is 6.79 Å². The van der Waals surface area contributed by atoms with Crippen LogP contribution in [0.3, 0.4) is 0 Å². The molecule has 0 fully saturated rings. The molecule has 0 aliphatic carbocycles. The van der Waals surface area contributed by atoms with Gasteiger partial charge in [-0.15, -0.1) is 0 Å². The van der Waals surface area contributed by atoms with E-state index in [4.69, 9.17) is 18.9 Å². The zero-order valence-corrected chi connectivity index (χ0v) is 19.4. The first kappa shape index (κ1) is 23.6. The van der Waals surface area contributed by atoms with Crippen LogP contribution >= 0.6 is 0 Å². The quantitative estimate of drug-likeness (QED) is 0.364. The molecule has 1 aliphatic heterocycles. The van der Waals surface area contributed by atoms with Crippen molar-refractivity contribution in [3.05, 3.63) is 82.9 Å². The highest BCUT2D eigenvalue weighted by Crippen LogP contribution is 2.32. The van der Waals surface area contributed by atoms with Crippen LogP contribution in [0.1, 0.15) is 27.0 Å². The average Bonchev–Trinajstić information content (AvgIpc) is 3.34. The second-order valence-corrected chi connectivity index (χ2v) is 7.73. The van der Waals surface area contributed by atoms with Gasteiger partial charge in [0.25, 0.3) is 11.8 Å². The normalized spacial score (nSPS) is 11.8. The maximum Gasteiger partial charge on any atom is 0.259 e. The minimum absolute atomic E-state index is 0.121. The Bertz CT molecular complexity index is 1260. The van der Waals surface area contributed by atoms with E-state index >= 15 is 0 Å². The van der Waals surface area contributed by atoms with Crippen LogP contribution in [0.25, 0.3) is 0 Å². The van der Waals surface area contributed by atoms with E-state index in [1.807, 2.05) is 25.1 Å². The average molecular weight is 476 g/mol. The van der Waals surface area contributed by atoms with E-state index in [0.717, 1.165) is 5.56 Å². The van der Waals surface area contributed by atoms with Crippen molar-refractivity contribution in [2.24, 2.45) is 5.10 Å². The van der Waals surface area contributed by atoms with Crippen molar-refractivity contribution in [2.75, 3.05) is 20.4 Å². The summed E-state index contributed by atoms with van der Waals surface area (Å²) < 4.78 is 21.8. The van der Waals surface area contributed by atoms with Crippen molar-refractivity contribution >= 4 is 18.0 Å². The molecule has 0 unspecified atom stereocenters. The van der Waals surface area contributed by atoms with Gasteiger partial charge in [-0.2, -0.15) is 5.10 Å². The standard InChI is InChI=1S/C26H25N3O6/c1-17-4-3-5-19(10-17)15-33-21-8-6-18(11-23(21)32-2)13-28-29-25(30)14-27-26(31)20-7-9-22-24(12-20)35-16-34-22/h3-13H,14-16H2,1-2H3,(H,27,31)(H,29,30)/b28-13-. The van der Waals surface area contributed by atoms with Gasteiger partial charge in [0.05, 0.1) is 19.9 Å². The van der Waals surface area contributed by atoms with Crippen molar-refractivity contribution in [3.8, 4) is 23.0 Å².